The Hall–Kier alpha value is -9.81. The molecule has 0 unspecified atom stereocenters. The lowest BCUT2D eigenvalue weighted by Crippen LogP contribution is -2.13. The van der Waals surface area contributed by atoms with E-state index in [1.54, 1.807) is 12.1 Å². The number of benzene rings is 9. The van der Waals surface area contributed by atoms with E-state index in [1.807, 2.05) is 182 Å². The zero-order chi connectivity index (χ0) is 51.3. The van der Waals surface area contributed by atoms with Gasteiger partial charge in [-0.2, -0.15) is 15.3 Å². The molecule has 12 heteroatoms. The minimum absolute atomic E-state index is 0.0882. The van der Waals surface area contributed by atoms with Crippen LogP contribution in [0.4, 0.5) is 34.1 Å². The maximum absolute atomic E-state index is 13.5. The van der Waals surface area contributed by atoms with Crippen molar-refractivity contribution < 1.29 is 19.8 Å². The van der Waals surface area contributed by atoms with Gasteiger partial charge in [0.25, 0.3) is 11.8 Å². The lowest BCUT2D eigenvalue weighted by molar-refractivity contribution is 0.101. The van der Waals surface area contributed by atoms with Crippen molar-refractivity contribution in [1.29, 1.82) is 0 Å². The van der Waals surface area contributed by atoms with E-state index in [4.69, 9.17) is 5.10 Å². The molecule has 12 nitrogen and oxygen atoms in total. The zero-order valence-electron chi connectivity index (χ0n) is 41.0. The highest BCUT2D eigenvalue weighted by atomic mass is 16.3. The second kappa shape index (κ2) is 20.9. The molecular weight excluding hydrogens is 921 g/mol. The molecule has 10 aromatic rings. The molecular formula is C62H50N8O4. The van der Waals surface area contributed by atoms with Crippen LogP contribution in [0.1, 0.15) is 68.3 Å². The van der Waals surface area contributed by atoms with Crippen molar-refractivity contribution in [2.75, 3.05) is 10.6 Å². The van der Waals surface area contributed by atoms with E-state index in [2.05, 4.69) is 69.2 Å². The summed E-state index contributed by atoms with van der Waals surface area (Å²) in [7, 11) is 0. The van der Waals surface area contributed by atoms with Gasteiger partial charge in [-0.05, 0) is 113 Å². The van der Waals surface area contributed by atoms with Gasteiger partial charge >= 0.3 is 0 Å². The summed E-state index contributed by atoms with van der Waals surface area (Å²) in [5, 5.41) is 54.6. The molecule has 1 heterocycles. The average Bonchev–Trinajstić information content (AvgIpc) is 3.85. The fraction of sp³-hybridized carbons (Fsp3) is 0.0806. The molecule has 0 aliphatic rings. The molecule has 0 saturated heterocycles. The number of anilines is 2. The van der Waals surface area contributed by atoms with Crippen molar-refractivity contribution in [2.45, 2.75) is 33.6 Å². The van der Waals surface area contributed by atoms with Crippen LogP contribution in [-0.4, -0.2) is 31.8 Å². The summed E-state index contributed by atoms with van der Waals surface area (Å²) in [6.07, 6.45) is 6.01. The Balaban J connectivity index is 0.901. The van der Waals surface area contributed by atoms with Crippen molar-refractivity contribution in [3.8, 4) is 28.4 Å². The van der Waals surface area contributed by atoms with Crippen molar-refractivity contribution >= 4 is 79.6 Å². The molecule has 74 heavy (non-hydrogen) atoms. The molecule has 10 rings (SSSR count). The molecule has 0 fully saturated rings. The van der Waals surface area contributed by atoms with Crippen LogP contribution in [0.2, 0.25) is 0 Å². The monoisotopic (exact) mass is 970 g/mol. The summed E-state index contributed by atoms with van der Waals surface area (Å²) in [6.45, 7) is 8.15. The number of phenolic OH excluding ortho intramolecular Hbond substituents is 2. The first-order valence-electron chi connectivity index (χ1n) is 24.1. The van der Waals surface area contributed by atoms with Gasteiger partial charge in [-0.25, -0.2) is 4.68 Å². The van der Waals surface area contributed by atoms with Crippen molar-refractivity contribution in [2.24, 2.45) is 20.5 Å². The van der Waals surface area contributed by atoms with Crippen molar-refractivity contribution in [3.63, 3.8) is 0 Å². The van der Waals surface area contributed by atoms with Gasteiger partial charge in [0, 0.05) is 39.5 Å². The van der Waals surface area contributed by atoms with Crippen LogP contribution < -0.4 is 10.6 Å². The molecule has 2 amide bonds. The molecule has 0 aliphatic heterocycles. The molecule has 0 aliphatic carbocycles. The molecule has 4 N–H and O–H groups in total. The van der Waals surface area contributed by atoms with E-state index in [9.17, 15) is 19.8 Å². The largest absolute Gasteiger partial charge is 0.505 e. The summed E-state index contributed by atoms with van der Waals surface area (Å²) < 4.78 is 1.83. The number of amides is 2. The normalized spacial score (nSPS) is 11.7. The number of nitrogens with one attached hydrogen (secondary N) is 2. The maximum Gasteiger partial charge on any atom is 0.259 e. The first kappa shape index (κ1) is 47.8. The van der Waals surface area contributed by atoms with Gasteiger partial charge in [0.2, 0.25) is 0 Å². The van der Waals surface area contributed by atoms with Gasteiger partial charge in [-0.3, -0.25) is 9.59 Å². The highest BCUT2D eigenvalue weighted by Crippen LogP contribution is 2.42. The fourth-order valence-corrected chi connectivity index (χ4v) is 8.61. The van der Waals surface area contributed by atoms with Crippen LogP contribution in [0.25, 0.3) is 50.6 Å². The first-order chi connectivity index (χ1) is 36.0. The van der Waals surface area contributed by atoms with E-state index in [0.29, 0.717) is 39.4 Å². The predicted molar refractivity (Wildman–Crippen MR) is 296 cm³/mol. The van der Waals surface area contributed by atoms with Gasteiger partial charge in [-0.1, -0.05) is 147 Å². The minimum atomic E-state index is -0.457. The second-order valence-electron chi connectivity index (χ2n) is 18.2. The van der Waals surface area contributed by atoms with Crippen LogP contribution in [0, 0.1) is 13.8 Å². The number of azo groups is 2. The van der Waals surface area contributed by atoms with Gasteiger partial charge < -0.3 is 20.8 Å². The number of fused-ring (bicyclic) bond motifs is 2. The maximum atomic E-state index is 13.5. The number of aromatic nitrogens is 2. The highest BCUT2D eigenvalue weighted by molar-refractivity contribution is 6.13. The van der Waals surface area contributed by atoms with Gasteiger partial charge in [0.05, 0.1) is 33.9 Å². The van der Waals surface area contributed by atoms with E-state index >= 15 is 0 Å². The third-order valence-corrected chi connectivity index (χ3v) is 12.9. The number of aromatic hydroxyl groups is 2. The molecule has 362 valence electrons. The molecule has 0 saturated carbocycles. The van der Waals surface area contributed by atoms with Gasteiger partial charge in [0.1, 0.15) is 11.4 Å². The number of rotatable bonds is 13. The molecule has 0 spiro atoms. The quantitative estimate of drug-likeness (QED) is 0.0843. The highest BCUT2D eigenvalue weighted by Gasteiger charge is 2.21. The van der Waals surface area contributed by atoms with Crippen LogP contribution >= 0.6 is 0 Å². The Morgan fingerprint density at radius 1 is 0.554 bits per heavy atom. The lowest BCUT2D eigenvalue weighted by atomic mass is 9.99. The molecule has 0 radical (unpaired) electrons. The first-order valence-corrected chi connectivity index (χ1v) is 24.1. The summed E-state index contributed by atoms with van der Waals surface area (Å²) in [4.78, 5) is 27.0. The third-order valence-electron chi connectivity index (χ3n) is 12.9. The van der Waals surface area contributed by atoms with E-state index in [-0.39, 0.29) is 34.0 Å². The number of carbonyl (C=O) groups excluding carboxylic acids is 2. The summed E-state index contributed by atoms with van der Waals surface area (Å²) >= 11 is 0. The number of nitrogens with zero attached hydrogens (tertiary/aromatic N) is 6. The van der Waals surface area contributed by atoms with Crippen LogP contribution in [0.5, 0.6) is 11.5 Å². The predicted octanol–water partition coefficient (Wildman–Crippen LogP) is 16.5. The SMILES string of the molecule is Cc1ccccc1NC(=O)c1cc2ccccc2c(N=Nc2ccc(/C=C/c3cn(-c4ccc(N=Nc5c(O)c(C(=O)Nc6ccccc6C)cc6ccccc56)cc4)nc3-c3ccc(C(C)C)cc3)cc2)c1O. The lowest BCUT2D eigenvalue weighted by Gasteiger charge is -2.12. The second-order valence-corrected chi connectivity index (χ2v) is 18.2. The Labute approximate surface area is 427 Å². The summed E-state index contributed by atoms with van der Waals surface area (Å²) in [6, 6.07) is 56.5. The molecule has 1 aromatic heterocycles. The Kier molecular flexibility index (Phi) is 13.5. The van der Waals surface area contributed by atoms with Crippen LogP contribution in [0.15, 0.2) is 209 Å². The summed E-state index contributed by atoms with van der Waals surface area (Å²) in [5.41, 5.74) is 10.3. The number of para-hydroxylation sites is 2. The number of hydrogen-bond acceptors (Lipinski definition) is 9. The Morgan fingerprint density at radius 2 is 1.03 bits per heavy atom. The fourth-order valence-electron chi connectivity index (χ4n) is 8.61. The Morgan fingerprint density at radius 3 is 1.53 bits per heavy atom. The standard InChI is InChI=1S/C62H50N8O4/c1-38(2)42-25-27-43(28-26-42)56-46(24-21-41-22-29-47(30-23-41)65-67-57-50-17-9-7-15-44(50)35-52(59(57)71)61(73)63-54-19-11-5-13-39(54)3)37-70(69-56)49-33-31-48(32-34-49)66-68-58-51-18-10-8-16-45(51)36-53(60(58)72)62(74)64-55-20-12-6-14-40(55)4/h5-38,71-72H,1-4H3,(H,63,73)(H,64,74)/b24-21+,67-65?,68-66?. The van der Waals surface area contributed by atoms with Gasteiger partial charge in [-0.15, -0.1) is 10.2 Å². The summed E-state index contributed by atoms with van der Waals surface area (Å²) in [5.74, 6) is -1.06. The average molecular weight is 971 g/mol. The smallest absolute Gasteiger partial charge is 0.259 e. The van der Waals surface area contributed by atoms with E-state index < -0.39 is 11.8 Å². The third kappa shape index (κ3) is 10.2. The molecule has 0 atom stereocenters. The van der Waals surface area contributed by atoms with Crippen LogP contribution in [-0.2, 0) is 0 Å². The zero-order valence-corrected chi connectivity index (χ0v) is 41.0. The molecule has 9 aromatic carbocycles. The van der Waals surface area contributed by atoms with Crippen molar-refractivity contribution in [3.05, 3.63) is 227 Å². The van der Waals surface area contributed by atoms with Crippen LogP contribution in [0.3, 0.4) is 0 Å². The number of phenols is 2. The topological polar surface area (TPSA) is 166 Å². The number of hydrogen-bond donors (Lipinski definition) is 4. The Bertz CT molecular complexity index is 3840. The van der Waals surface area contributed by atoms with Gasteiger partial charge in [0.15, 0.2) is 11.5 Å². The molecule has 0 bridgehead atoms. The van der Waals surface area contributed by atoms with E-state index in [0.717, 1.165) is 50.0 Å². The van der Waals surface area contributed by atoms with E-state index in [1.165, 1.54) is 5.56 Å². The van der Waals surface area contributed by atoms with Crippen molar-refractivity contribution in [1.82, 2.24) is 9.78 Å². The number of carbonyl (C=O) groups is 2. The number of aryl methyl sites for hydroxylation is 2. The minimum Gasteiger partial charge on any atom is -0.505 e.